The second-order valence-electron chi connectivity index (χ2n) is 6.78. The molecule has 2 aromatic carbocycles. The van der Waals surface area contributed by atoms with E-state index in [0.717, 1.165) is 11.3 Å². The molecular weight excluding hydrogens is 404 g/mol. The summed E-state index contributed by atoms with van der Waals surface area (Å²) >= 11 is 0. The van der Waals surface area contributed by atoms with E-state index >= 15 is 0 Å². The van der Waals surface area contributed by atoms with Gasteiger partial charge in [0.2, 0.25) is 15.7 Å². The van der Waals surface area contributed by atoms with Crippen LogP contribution in [0.4, 0.5) is 0 Å². The molecule has 4 aromatic rings. The van der Waals surface area contributed by atoms with Gasteiger partial charge in [0.1, 0.15) is 11.3 Å². The summed E-state index contributed by atoms with van der Waals surface area (Å²) in [6, 6.07) is 12.2. The van der Waals surface area contributed by atoms with Crippen LogP contribution in [0.2, 0.25) is 0 Å². The zero-order valence-corrected chi connectivity index (χ0v) is 17.5. The number of nitrogens with zero attached hydrogens (tertiary/aromatic N) is 5. The Morgan fingerprint density at radius 2 is 1.80 bits per heavy atom. The molecule has 0 spiro atoms. The van der Waals surface area contributed by atoms with Gasteiger partial charge >= 0.3 is 0 Å². The zero-order chi connectivity index (χ0) is 21.5. The molecule has 0 aliphatic carbocycles. The SMILES string of the molecule is CCOc1ccc(S(N)(=O)=O)cc1-c1nnc2c(n1)c(C)nn2-c1ccc(C)cc1. The number of primary sulfonamides is 1. The first kappa shape index (κ1) is 19.9. The fraction of sp³-hybridized carbons (Fsp3) is 0.200. The first-order valence-corrected chi connectivity index (χ1v) is 10.8. The van der Waals surface area contributed by atoms with E-state index in [1.165, 1.54) is 18.2 Å². The molecule has 0 aliphatic heterocycles. The third-order valence-electron chi connectivity index (χ3n) is 4.56. The molecule has 0 saturated carbocycles. The monoisotopic (exact) mass is 424 g/mol. The van der Waals surface area contributed by atoms with Gasteiger partial charge in [-0.25, -0.2) is 23.2 Å². The molecule has 0 saturated heterocycles. The third kappa shape index (κ3) is 3.62. The number of hydrogen-bond acceptors (Lipinski definition) is 7. The predicted octanol–water partition coefficient (Wildman–Crippen LogP) is 2.54. The van der Waals surface area contributed by atoms with Crippen LogP contribution in [0.3, 0.4) is 0 Å². The smallest absolute Gasteiger partial charge is 0.238 e. The number of nitrogens with two attached hydrogens (primary N) is 1. The molecule has 9 nitrogen and oxygen atoms in total. The van der Waals surface area contributed by atoms with Crippen molar-refractivity contribution in [2.75, 3.05) is 6.61 Å². The lowest BCUT2D eigenvalue weighted by atomic mass is 10.2. The predicted molar refractivity (Wildman–Crippen MR) is 112 cm³/mol. The van der Waals surface area contributed by atoms with E-state index in [-0.39, 0.29) is 10.7 Å². The van der Waals surface area contributed by atoms with Crippen LogP contribution < -0.4 is 9.88 Å². The van der Waals surface area contributed by atoms with E-state index < -0.39 is 10.0 Å². The van der Waals surface area contributed by atoms with Gasteiger partial charge in [-0.05, 0) is 51.1 Å². The van der Waals surface area contributed by atoms with Gasteiger partial charge in [0.15, 0.2) is 5.82 Å². The first-order valence-electron chi connectivity index (χ1n) is 9.25. The Hall–Kier alpha value is -3.37. The maximum atomic E-state index is 11.8. The number of rotatable bonds is 5. The summed E-state index contributed by atoms with van der Waals surface area (Å²) < 4.78 is 30.9. The maximum absolute atomic E-state index is 11.8. The highest BCUT2D eigenvalue weighted by Crippen LogP contribution is 2.31. The summed E-state index contributed by atoms with van der Waals surface area (Å²) in [5.41, 5.74) is 4.10. The number of sulfonamides is 1. The van der Waals surface area contributed by atoms with Gasteiger partial charge in [0.25, 0.3) is 0 Å². The molecule has 30 heavy (non-hydrogen) atoms. The lowest BCUT2D eigenvalue weighted by Crippen LogP contribution is -2.12. The normalized spacial score (nSPS) is 11.7. The van der Waals surface area contributed by atoms with Crippen LogP contribution >= 0.6 is 0 Å². The lowest BCUT2D eigenvalue weighted by molar-refractivity contribution is 0.341. The van der Waals surface area contributed by atoms with Crippen LogP contribution in [0.5, 0.6) is 5.75 Å². The molecule has 10 heteroatoms. The fourth-order valence-corrected chi connectivity index (χ4v) is 3.61. The zero-order valence-electron chi connectivity index (χ0n) is 16.7. The van der Waals surface area contributed by atoms with Crippen molar-refractivity contribution in [3.8, 4) is 22.8 Å². The minimum atomic E-state index is -3.90. The van der Waals surface area contributed by atoms with Crippen molar-refractivity contribution in [3.63, 3.8) is 0 Å². The van der Waals surface area contributed by atoms with Gasteiger partial charge in [0.05, 0.1) is 28.4 Å². The Morgan fingerprint density at radius 3 is 2.47 bits per heavy atom. The molecule has 0 atom stereocenters. The summed E-state index contributed by atoms with van der Waals surface area (Å²) in [5.74, 6) is 0.664. The largest absolute Gasteiger partial charge is 0.493 e. The lowest BCUT2D eigenvalue weighted by Gasteiger charge is -2.10. The van der Waals surface area contributed by atoms with E-state index in [1.54, 1.807) is 4.68 Å². The van der Waals surface area contributed by atoms with Crippen LogP contribution in [0.1, 0.15) is 18.2 Å². The molecule has 0 amide bonds. The summed E-state index contributed by atoms with van der Waals surface area (Å²) in [6.45, 7) is 6.06. The van der Waals surface area contributed by atoms with Crippen molar-refractivity contribution < 1.29 is 13.2 Å². The molecule has 2 heterocycles. The van der Waals surface area contributed by atoms with Crippen molar-refractivity contribution in [1.82, 2.24) is 25.0 Å². The minimum absolute atomic E-state index is 0.0586. The van der Waals surface area contributed by atoms with E-state index in [9.17, 15) is 8.42 Å². The van der Waals surface area contributed by atoms with Gasteiger partial charge in [0, 0.05) is 0 Å². The van der Waals surface area contributed by atoms with Gasteiger partial charge in [-0.3, -0.25) is 0 Å². The average Bonchev–Trinajstić information content (AvgIpc) is 3.04. The highest BCUT2D eigenvalue weighted by Gasteiger charge is 2.19. The van der Waals surface area contributed by atoms with Crippen LogP contribution in [-0.4, -0.2) is 40.0 Å². The number of benzene rings is 2. The van der Waals surface area contributed by atoms with E-state index in [4.69, 9.17) is 9.88 Å². The number of fused-ring (bicyclic) bond motifs is 1. The van der Waals surface area contributed by atoms with Crippen LogP contribution in [0.25, 0.3) is 28.2 Å². The first-order chi connectivity index (χ1) is 14.3. The summed E-state index contributed by atoms with van der Waals surface area (Å²) in [4.78, 5) is 4.54. The molecule has 0 fully saturated rings. The maximum Gasteiger partial charge on any atom is 0.238 e. The standard InChI is InChI=1S/C20H20N6O3S/c1-4-29-17-10-9-15(30(21,27)28)11-16(17)19-22-18-13(3)25-26(20(18)24-23-19)14-7-5-12(2)6-8-14/h5-11H,4H2,1-3H3,(H2,21,27,28). The highest BCUT2D eigenvalue weighted by molar-refractivity contribution is 7.89. The quantitative estimate of drug-likeness (QED) is 0.522. The van der Waals surface area contributed by atoms with E-state index in [2.05, 4.69) is 20.3 Å². The number of ether oxygens (including phenoxy) is 1. The molecular formula is C20H20N6O3S. The van der Waals surface area contributed by atoms with Crippen molar-refractivity contribution in [2.45, 2.75) is 25.7 Å². The molecule has 4 rings (SSSR count). The summed E-state index contributed by atoms with van der Waals surface area (Å²) in [6.07, 6.45) is 0. The van der Waals surface area contributed by atoms with Gasteiger partial charge < -0.3 is 4.74 Å². The molecule has 0 bridgehead atoms. The van der Waals surface area contributed by atoms with Crippen molar-refractivity contribution in [3.05, 3.63) is 53.7 Å². The van der Waals surface area contributed by atoms with Gasteiger partial charge in [-0.1, -0.05) is 17.7 Å². The Morgan fingerprint density at radius 1 is 1.07 bits per heavy atom. The fourth-order valence-electron chi connectivity index (χ4n) is 3.07. The Balaban J connectivity index is 1.89. The molecule has 0 unspecified atom stereocenters. The van der Waals surface area contributed by atoms with Crippen molar-refractivity contribution in [1.29, 1.82) is 0 Å². The Kier molecular flexibility index (Phi) is 4.96. The summed E-state index contributed by atoms with van der Waals surface area (Å²) in [7, 11) is -3.90. The minimum Gasteiger partial charge on any atom is -0.493 e. The van der Waals surface area contributed by atoms with Gasteiger partial charge in [-0.15, -0.1) is 10.2 Å². The van der Waals surface area contributed by atoms with Crippen LogP contribution in [0.15, 0.2) is 47.4 Å². The number of aryl methyl sites for hydroxylation is 2. The van der Waals surface area contributed by atoms with Crippen molar-refractivity contribution >= 4 is 21.2 Å². The number of aromatic nitrogens is 5. The Bertz CT molecular complexity index is 1350. The summed E-state index contributed by atoms with van der Waals surface area (Å²) in [5, 5.41) is 18.4. The molecule has 2 aromatic heterocycles. The Labute approximate surface area is 173 Å². The second-order valence-corrected chi connectivity index (χ2v) is 8.34. The second kappa shape index (κ2) is 7.47. The average molecular weight is 424 g/mol. The molecule has 2 N–H and O–H groups in total. The molecule has 154 valence electrons. The van der Waals surface area contributed by atoms with Crippen LogP contribution in [-0.2, 0) is 10.0 Å². The van der Waals surface area contributed by atoms with Gasteiger partial charge in [-0.2, -0.15) is 5.10 Å². The van der Waals surface area contributed by atoms with E-state index in [0.29, 0.717) is 34.8 Å². The van der Waals surface area contributed by atoms with Crippen molar-refractivity contribution in [2.24, 2.45) is 5.14 Å². The topological polar surface area (TPSA) is 126 Å². The van der Waals surface area contributed by atoms with E-state index in [1.807, 2.05) is 45.0 Å². The number of hydrogen-bond donors (Lipinski definition) is 1. The highest BCUT2D eigenvalue weighted by atomic mass is 32.2. The van der Waals surface area contributed by atoms with Crippen LogP contribution in [0, 0.1) is 13.8 Å². The third-order valence-corrected chi connectivity index (χ3v) is 5.47. The molecule has 0 aliphatic rings. The molecule has 0 radical (unpaired) electrons.